The van der Waals surface area contributed by atoms with Gasteiger partial charge in [0.15, 0.2) is 5.96 Å². The van der Waals surface area contributed by atoms with Gasteiger partial charge in [-0.2, -0.15) is 0 Å². The highest BCUT2D eigenvalue weighted by molar-refractivity contribution is 5.79. The van der Waals surface area contributed by atoms with Crippen LogP contribution in [0.4, 0.5) is 0 Å². The van der Waals surface area contributed by atoms with Crippen molar-refractivity contribution < 1.29 is 0 Å². The van der Waals surface area contributed by atoms with Crippen LogP contribution in [0.15, 0.2) is 53.7 Å². The molecule has 1 aromatic heterocycles. The number of hydrogen-bond donors (Lipinski definition) is 2. The predicted octanol–water partition coefficient (Wildman–Crippen LogP) is 2.73. The molecule has 0 aliphatic heterocycles. The standard InChI is InChI=1S/C19H26N4/c1-3-20-19(21-13-11-17-7-5-4-6-8-17)22-14-12-18-10-9-16(2)23-15-18/h4-10,15H,3,11-14H2,1-2H3,(H2,20,21,22). The number of aromatic nitrogens is 1. The van der Waals surface area contributed by atoms with Crippen LogP contribution in [0.3, 0.4) is 0 Å². The number of guanidine groups is 1. The van der Waals surface area contributed by atoms with Gasteiger partial charge in [0.25, 0.3) is 0 Å². The predicted molar refractivity (Wildman–Crippen MR) is 96.8 cm³/mol. The SMILES string of the molecule is CCNC(=NCCc1ccccc1)NCCc1ccc(C)nc1. The van der Waals surface area contributed by atoms with E-state index in [1.807, 2.05) is 19.2 Å². The van der Waals surface area contributed by atoms with E-state index in [-0.39, 0.29) is 0 Å². The molecule has 0 fully saturated rings. The fourth-order valence-electron chi connectivity index (χ4n) is 2.25. The molecular formula is C19H26N4. The van der Waals surface area contributed by atoms with E-state index in [0.717, 1.165) is 44.1 Å². The number of nitrogens with zero attached hydrogens (tertiary/aromatic N) is 2. The zero-order valence-electron chi connectivity index (χ0n) is 14.0. The molecule has 0 radical (unpaired) electrons. The van der Waals surface area contributed by atoms with E-state index in [0.29, 0.717) is 0 Å². The van der Waals surface area contributed by atoms with E-state index in [2.05, 4.69) is 63.9 Å². The number of pyridine rings is 1. The summed E-state index contributed by atoms with van der Waals surface area (Å²) in [5.74, 6) is 0.878. The molecule has 23 heavy (non-hydrogen) atoms. The summed E-state index contributed by atoms with van der Waals surface area (Å²) in [6.07, 6.45) is 3.84. The van der Waals surface area contributed by atoms with Crippen LogP contribution >= 0.6 is 0 Å². The Bertz CT molecular complexity index is 591. The molecule has 122 valence electrons. The molecule has 0 bridgehead atoms. The Morgan fingerprint density at radius 2 is 1.83 bits per heavy atom. The molecule has 0 aliphatic rings. The topological polar surface area (TPSA) is 49.3 Å². The minimum absolute atomic E-state index is 0.783. The van der Waals surface area contributed by atoms with Gasteiger partial charge in [0.05, 0.1) is 0 Å². The monoisotopic (exact) mass is 310 g/mol. The molecule has 2 aromatic rings. The third-order valence-electron chi connectivity index (χ3n) is 3.54. The first-order valence-electron chi connectivity index (χ1n) is 8.25. The van der Waals surface area contributed by atoms with Crippen molar-refractivity contribution in [2.75, 3.05) is 19.6 Å². The number of rotatable bonds is 7. The van der Waals surface area contributed by atoms with Gasteiger partial charge < -0.3 is 10.6 Å². The minimum atomic E-state index is 0.783. The van der Waals surface area contributed by atoms with E-state index in [1.165, 1.54) is 11.1 Å². The molecule has 2 rings (SSSR count). The van der Waals surface area contributed by atoms with Crippen molar-refractivity contribution in [2.45, 2.75) is 26.7 Å². The van der Waals surface area contributed by atoms with Gasteiger partial charge in [0.2, 0.25) is 0 Å². The summed E-state index contributed by atoms with van der Waals surface area (Å²) in [5, 5.41) is 6.67. The number of benzene rings is 1. The van der Waals surface area contributed by atoms with Crippen molar-refractivity contribution in [2.24, 2.45) is 4.99 Å². The average Bonchev–Trinajstić information content (AvgIpc) is 2.58. The molecule has 0 unspecified atom stereocenters. The maximum absolute atomic E-state index is 4.63. The van der Waals surface area contributed by atoms with Gasteiger partial charge >= 0.3 is 0 Å². The van der Waals surface area contributed by atoms with E-state index in [4.69, 9.17) is 0 Å². The van der Waals surface area contributed by atoms with E-state index < -0.39 is 0 Å². The fourth-order valence-corrected chi connectivity index (χ4v) is 2.25. The molecule has 1 heterocycles. The van der Waals surface area contributed by atoms with Crippen LogP contribution in [0.5, 0.6) is 0 Å². The molecule has 0 spiro atoms. The molecule has 2 N–H and O–H groups in total. The van der Waals surface area contributed by atoms with Gasteiger partial charge in [-0.15, -0.1) is 0 Å². The number of hydrogen-bond acceptors (Lipinski definition) is 2. The van der Waals surface area contributed by atoms with Crippen molar-refractivity contribution in [3.63, 3.8) is 0 Å². The van der Waals surface area contributed by atoms with Crippen molar-refractivity contribution in [1.82, 2.24) is 15.6 Å². The van der Waals surface area contributed by atoms with Crippen LogP contribution in [0.25, 0.3) is 0 Å². The Hall–Kier alpha value is -2.36. The van der Waals surface area contributed by atoms with Crippen molar-refractivity contribution in [3.8, 4) is 0 Å². The first-order valence-corrected chi connectivity index (χ1v) is 8.25. The first kappa shape index (κ1) is 17.0. The van der Waals surface area contributed by atoms with E-state index in [1.54, 1.807) is 0 Å². The lowest BCUT2D eigenvalue weighted by molar-refractivity contribution is 0.794. The van der Waals surface area contributed by atoms with Crippen LogP contribution in [0, 0.1) is 6.92 Å². The van der Waals surface area contributed by atoms with Crippen molar-refractivity contribution in [1.29, 1.82) is 0 Å². The molecule has 0 atom stereocenters. The Labute approximate surface area is 139 Å². The Balaban J connectivity index is 1.78. The molecule has 0 saturated heterocycles. The van der Waals surface area contributed by atoms with Crippen LogP contribution in [-0.2, 0) is 12.8 Å². The molecular weight excluding hydrogens is 284 g/mol. The van der Waals surface area contributed by atoms with Gasteiger partial charge in [-0.05, 0) is 43.9 Å². The second-order valence-corrected chi connectivity index (χ2v) is 5.48. The lowest BCUT2D eigenvalue weighted by Gasteiger charge is -2.11. The summed E-state index contributed by atoms with van der Waals surface area (Å²) >= 11 is 0. The maximum Gasteiger partial charge on any atom is 0.191 e. The normalized spacial score (nSPS) is 11.3. The Morgan fingerprint density at radius 3 is 2.52 bits per heavy atom. The molecule has 1 aromatic carbocycles. The third kappa shape index (κ3) is 6.51. The summed E-state index contributed by atoms with van der Waals surface area (Å²) in [6, 6.07) is 14.6. The van der Waals surface area contributed by atoms with E-state index >= 15 is 0 Å². The summed E-state index contributed by atoms with van der Waals surface area (Å²) in [5.41, 5.74) is 3.61. The Morgan fingerprint density at radius 1 is 1.00 bits per heavy atom. The second kappa shape index (κ2) is 9.62. The average molecular weight is 310 g/mol. The second-order valence-electron chi connectivity index (χ2n) is 5.48. The highest BCUT2D eigenvalue weighted by Crippen LogP contribution is 2.00. The first-order chi connectivity index (χ1) is 11.3. The fraction of sp³-hybridized carbons (Fsp3) is 0.368. The number of aliphatic imine (C=N–C) groups is 1. The summed E-state index contributed by atoms with van der Waals surface area (Å²) < 4.78 is 0. The van der Waals surface area contributed by atoms with Crippen LogP contribution < -0.4 is 10.6 Å². The van der Waals surface area contributed by atoms with Crippen molar-refractivity contribution in [3.05, 3.63) is 65.5 Å². The van der Waals surface area contributed by atoms with Gasteiger partial charge in [-0.1, -0.05) is 36.4 Å². The molecule has 4 heteroatoms. The smallest absolute Gasteiger partial charge is 0.191 e. The minimum Gasteiger partial charge on any atom is -0.357 e. The highest BCUT2D eigenvalue weighted by atomic mass is 15.2. The molecule has 0 aliphatic carbocycles. The zero-order chi connectivity index (χ0) is 16.3. The van der Waals surface area contributed by atoms with Gasteiger partial charge in [-0.3, -0.25) is 9.98 Å². The van der Waals surface area contributed by atoms with Gasteiger partial charge in [0, 0.05) is 31.5 Å². The number of aryl methyl sites for hydroxylation is 1. The summed E-state index contributed by atoms with van der Waals surface area (Å²) in [7, 11) is 0. The summed E-state index contributed by atoms with van der Waals surface area (Å²) in [6.45, 7) is 6.58. The van der Waals surface area contributed by atoms with Crippen LogP contribution in [0.2, 0.25) is 0 Å². The lowest BCUT2D eigenvalue weighted by Crippen LogP contribution is -2.38. The maximum atomic E-state index is 4.63. The lowest BCUT2D eigenvalue weighted by atomic mass is 10.2. The summed E-state index contributed by atoms with van der Waals surface area (Å²) in [4.78, 5) is 8.96. The van der Waals surface area contributed by atoms with Crippen LogP contribution in [-0.4, -0.2) is 30.6 Å². The largest absolute Gasteiger partial charge is 0.357 e. The van der Waals surface area contributed by atoms with Crippen LogP contribution in [0.1, 0.15) is 23.7 Å². The quantitative estimate of drug-likeness (QED) is 0.611. The highest BCUT2D eigenvalue weighted by Gasteiger charge is 1.98. The molecule has 0 amide bonds. The van der Waals surface area contributed by atoms with Crippen molar-refractivity contribution >= 4 is 5.96 Å². The third-order valence-corrected chi connectivity index (χ3v) is 3.54. The molecule has 4 nitrogen and oxygen atoms in total. The zero-order valence-corrected chi connectivity index (χ0v) is 14.0. The number of nitrogens with one attached hydrogen (secondary N) is 2. The van der Waals surface area contributed by atoms with Gasteiger partial charge in [0.1, 0.15) is 0 Å². The van der Waals surface area contributed by atoms with E-state index in [9.17, 15) is 0 Å². The Kier molecular flexibility index (Phi) is 7.11. The molecule has 0 saturated carbocycles. The van der Waals surface area contributed by atoms with Gasteiger partial charge in [-0.25, -0.2) is 0 Å².